The summed E-state index contributed by atoms with van der Waals surface area (Å²) in [6.07, 6.45) is -4.14. The Labute approximate surface area is 200 Å². The van der Waals surface area contributed by atoms with Crippen molar-refractivity contribution >= 4 is 52.2 Å². The van der Waals surface area contributed by atoms with Crippen molar-refractivity contribution in [3.63, 3.8) is 0 Å². The minimum Gasteiger partial charge on any atom is -0.387 e. The fourth-order valence-electron chi connectivity index (χ4n) is 2.98. The molecule has 2 aromatic rings. The number of hydrogen-bond acceptors (Lipinski definition) is 14. The summed E-state index contributed by atoms with van der Waals surface area (Å²) in [4.78, 5) is 48.3. The Bertz CT molecular complexity index is 1210. The number of aromatic nitrogens is 4. The summed E-state index contributed by atoms with van der Waals surface area (Å²) < 4.78 is 52.8. The third kappa shape index (κ3) is 7.06. The molecule has 18 nitrogen and oxygen atoms in total. The fourth-order valence-corrected chi connectivity index (χ4v) is 6.88. The van der Waals surface area contributed by atoms with Crippen LogP contribution in [-0.4, -0.2) is 80.0 Å². The number of thioether (sulfide) groups is 1. The first-order valence-corrected chi connectivity index (χ1v) is 15.1. The molecule has 8 N–H and O–H groups in total. The number of aliphatic hydroxyl groups is 2. The summed E-state index contributed by atoms with van der Waals surface area (Å²) in [6.45, 7) is 0.969. The zero-order valence-electron chi connectivity index (χ0n) is 17.7. The maximum absolute atomic E-state index is 12.0. The molecule has 1 fully saturated rings. The molecule has 22 heteroatoms. The van der Waals surface area contributed by atoms with Crippen LogP contribution in [0.2, 0.25) is 0 Å². The third-order valence-electron chi connectivity index (χ3n) is 4.32. The molecule has 1 saturated heterocycles. The van der Waals surface area contributed by atoms with Crippen LogP contribution in [0, 0.1) is 0 Å². The van der Waals surface area contributed by atoms with Gasteiger partial charge >= 0.3 is 23.5 Å². The number of anilines is 1. The van der Waals surface area contributed by atoms with E-state index in [1.54, 1.807) is 0 Å². The molecular weight excluding hydrogens is 559 g/mol. The van der Waals surface area contributed by atoms with Gasteiger partial charge in [-0.05, 0) is 6.42 Å². The van der Waals surface area contributed by atoms with Crippen molar-refractivity contribution in [1.29, 1.82) is 0 Å². The maximum atomic E-state index is 12.0. The van der Waals surface area contributed by atoms with Crippen LogP contribution < -0.4 is 5.73 Å². The Morgan fingerprint density at radius 1 is 1.11 bits per heavy atom. The molecule has 0 amide bonds. The zero-order chi connectivity index (χ0) is 26.2. The van der Waals surface area contributed by atoms with E-state index in [1.165, 1.54) is 16.3 Å². The summed E-state index contributed by atoms with van der Waals surface area (Å²) in [5, 5.41) is 21.3. The number of phosphoric ester groups is 1. The Morgan fingerprint density at radius 3 is 2.43 bits per heavy atom. The van der Waals surface area contributed by atoms with Crippen LogP contribution >= 0.6 is 35.2 Å². The molecule has 198 valence electrons. The molecule has 0 aromatic carbocycles. The number of phosphoric acid groups is 3. The van der Waals surface area contributed by atoms with Gasteiger partial charge in [-0.25, -0.2) is 28.6 Å². The highest BCUT2D eigenvalue weighted by Crippen LogP contribution is 2.66. The minimum absolute atomic E-state index is 0.0596. The highest BCUT2D eigenvalue weighted by Gasteiger charge is 2.47. The number of aliphatic hydroxyl groups excluding tert-OH is 2. The largest absolute Gasteiger partial charge is 0.490 e. The minimum atomic E-state index is -5.72. The van der Waals surface area contributed by atoms with E-state index < -0.39 is 54.6 Å². The first kappa shape index (κ1) is 28.6. The first-order valence-electron chi connectivity index (χ1n) is 9.55. The van der Waals surface area contributed by atoms with Crippen LogP contribution in [0.15, 0.2) is 11.5 Å². The quantitative estimate of drug-likeness (QED) is 0.134. The second kappa shape index (κ2) is 10.8. The topological polar surface area (TPSA) is 279 Å². The Hall–Kier alpha value is -1.01. The predicted octanol–water partition coefficient (Wildman–Crippen LogP) is -0.127. The lowest BCUT2D eigenvalue weighted by atomic mass is 10.1. The van der Waals surface area contributed by atoms with Crippen molar-refractivity contribution in [2.75, 3.05) is 18.1 Å². The van der Waals surface area contributed by atoms with E-state index in [1.807, 2.05) is 6.92 Å². The van der Waals surface area contributed by atoms with Gasteiger partial charge in [-0.15, -0.1) is 0 Å². The smallest absolute Gasteiger partial charge is 0.387 e. The Kier molecular flexibility index (Phi) is 8.79. The SMILES string of the molecule is CCCSc1nc2c(N)ncnc2n1C1O[C@H](COP(=O)(O)OP(=O)(O)OP(=O)(O)O)[C@@H](O)[C@H]1O. The van der Waals surface area contributed by atoms with Crippen LogP contribution in [0.5, 0.6) is 0 Å². The number of nitrogens with zero attached hydrogens (tertiary/aromatic N) is 4. The van der Waals surface area contributed by atoms with Crippen LogP contribution in [0.1, 0.15) is 19.6 Å². The van der Waals surface area contributed by atoms with Crippen LogP contribution in [0.3, 0.4) is 0 Å². The number of ether oxygens (including phenoxy) is 1. The highest BCUT2D eigenvalue weighted by molar-refractivity contribution is 7.99. The van der Waals surface area contributed by atoms with Gasteiger partial charge in [0.1, 0.15) is 24.6 Å². The molecule has 0 aliphatic carbocycles. The molecule has 0 radical (unpaired) electrons. The average Bonchev–Trinajstić information content (AvgIpc) is 3.20. The molecule has 2 aromatic heterocycles. The van der Waals surface area contributed by atoms with Gasteiger partial charge in [0.2, 0.25) is 0 Å². The van der Waals surface area contributed by atoms with E-state index >= 15 is 0 Å². The Morgan fingerprint density at radius 2 is 1.80 bits per heavy atom. The Balaban J connectivity index is 1.79. The molecule has 1 aliphatic heterocycles. The molecule has 6 atom stereocenters. The monoisotopic (exact) mass is 581 g/mol. The number of imidazole rings is 1. The van der Waals surface area contributed by atoms with E-state index in [4.69, 9.17) is 20.3 Å². The summed E-state index contributed by atoms with van der Waals surface area (Å²) >= 11 is 1.28. The first-order chi connectivity index (χ1) is 16.1. The summed E-state index contributed by atoms with van der Waals surface area (Å²) in [5.74, 6) is 0.682. The van der Waals surface area contributed by atoms with Crippen molar-refractivity contribution in [1.82, 2.24) is 19.5 Å². The molecule has 3 heterocycles. The number of fused-ring (bicyclic) bond motifs is 1. The van der Waals surface area contributed by atoms with Crippen molar-refractivity contribution in [2.24, 2.45) is 0 Å². The lowest BCUT2D eigenvalue weighted by molar-refractivity contribution is -0.0540. The third-order valence-corrected chi connectivity index (χ3v) is 9.28. The van der Waals surface area contributed by atoms with Gasteiger partial charge in [0, 0.05) is 5.75 Å². The van der Waals surface area contributed by atoms with Gasteiger partial charge in [-0.2, -0.15) is 8.62 Å². The van der Waals surface area contributed by atoms with Gasteiger partial charge in [-0.1, -0.05) is 18.7 Å². The van der Waals surface area contributed by atoms with Crippen molar-refractivity contribution in [3.05, 3.63) is 6.33 Å². The summed E-state index contributed by atoms with van der Waals surface area (Å²) in [6, 6.07) is 0. The predicted molar refractivity (Wildman–Crippen MR) is 116 cm³/mol. The summed E-state index contributed by atoms with van der Waals surface area (Å²) in [7, 11) is -16.7. The van der Waals surface area contributed by atoms with Crippen molar-refractivity contribution in [3.8, 4) is 0 Å². The highest BCUT2D eigenvalue weighted by atomic mass is 32.2. The lowest BCUT2D eigenvalue weighted by Gasteiger charge is -2.19. The molecular formula is C13H22N5O13P3S. The van der Waals surface area contributed by atoms with Crippen LogP contribution in [0.4, 0.5) is 5.82 Å². The molecule has 0 spiro atoms. The summed E-state index contributed by atoms with van der Waals surface area (Å²) in [5.41, 5.74) is 6.25. The van der Waals surface area contributed by atoms with Crippen molar-refractivity contribution in [2.45, 2.75) is 43.0 Å². The maximum Gasteiger partial charge on any atom is 0.490 e. The van der Waals surface area contributed by atoms with E-state index in [9.17, 15) is 33.7 Å². The van der Waals surface area contributed by atoms with Crippen LogP contribution in [-0.2, 0) is 31.6 Å². The van der Waals surface area contributed by atoms with Gasteiger partial charge in [0.05, 0.1) is 6.61 Å². The molecule has 3 rings (SSSR count). The zero-order valence-corrected chi connectivity index (χ0v) is 21.2. The number of rotatable bonds is 11. The van der Waals surface area contributed by atoms with E-state index in [0.717, 1.165) is 12.7 Å². The second-order valence-electron chi connectivity index (χ2n) is 6.98. The van der Waals surface area contributed by atoms with Gasteiger partial charge in [0.15, 0.2) is 28.4 Å². The van der Waals surface area contributed by atoms with E-state index in [0.29, 0.717) is 10.9 Å². The van der Waals surface area contributed by atoms with Gasteiger partial charge < -0.3 is 40.3 Å². The lowest BCUT2D eigenvalue weighted by Crippen LogP contribution is -2.33. The van der Waals surface area contributed by atoms with Gasteiger partial charge in [-0.3, -0.25) is 9.09 Å². The molecule has 35 heavy (non-hydrogen) atoms. The van der Waals surface area contributed by atoms with Crippen LogP contribution in [0.25, 0.3) is 11.2 Å². The molecule has 3 unspecified atom stereocenters. The van der Waals surface area contributed by atoms with Crippen molar-refractivity contribution < 1.29 is 61.4 Å². The standard InChI is InChI=1S/C13H22N5O13P3S/c1-2-3-35-13-17-7-10(14)15-5-16-11(7)18(13)12-9(20)8(19)6(29-12)4-28-33(24,25)31-34(26,27)30-32(21,22)23/h5-6,8-9,12,19-20H,2-4H2,1H3,(H,24,25)(H,26,27)(H2,14,15,16)(H2,21,22,23)/t6-,8-,9-,12?/m1/s1. The van der Waals surface area contributed by atoms with E-state index in [-0.39, 0.29) is 17.0 Å². The molecule has 0 bridgehead atoms. The average molecular weight is 581 g/mol. The molecule has 0 saturated carbocycles. The fraction of sp³-hybridized carbons (Fsp3) is 0.615. The van der Waals surface area contributed by atoms with Gasteiger partial charge in [0.25, 0.3) is 0 Å². The number of nitrogen functional groups attached to an aromatic ring is 1. The number of nitrogens with two attached hydrogens (primary N) is 1. The normalized spacial score (nSPS) is 26.6. The second-order valence-corrected chi connectivity index (χ2v) is 12.5. The molecule has 1 aliphatic rings. The number of hydrogen-bond donors (Lipinski definition) is 7. The van der Waals surface area contributed by atoms with E-state index in [2.05, 4.69) is 28.1 Å².